The fraction of sp³-hybridized carbons (Fsp3) is 0.688. The number of rotatable bonds is 7. The minimum atomic E-state index is -2.87. The summed E-state index contributed by atoms with van der Waals surface area (Å²) >= 11 is 3.21. The van der Waals surface area contributed by atoms with Gasteiger partial charge in [-0.25, -0.2) is 8.42 Å². The summed E-state index contributed by atoms with van der Waals surface area (Å²) in [5.74, 6) is 0.834. The second kappa shape index (κ2) is 8.21. The second-order valence-corrected chi connectivity index (χ2v) is 10.9. The maximum Gasteiger partial charge on any atom is 0.230 e. The molecular formula is C16H24N2O3S3. The number of thioether (sulfide) groups is 1. The average molecular weight is 389 g/mol. The minimum absolute atomic E-state index is 0.00468. The number of hydrogen-bond acceptors (Lipinski definition) is 6. The molecule has 134 valence electrons. The van der Waals surface area contributed by atoms with Gasteiger partial charge in [-0.15, -0.1) is 23.1 Å². The number of nitrogens with one attached hydrogen (secondary N) is 1. The fourth-order valence-electron chi connectivity index (χ4n) is 3.29. The summed E-state index contributed by atoms with van der Waals surface area (Å²) in [7, 11) is -2.87. The lowest BCUT2D eigenvalue weighted by molar-refractivity contribution is -0.118. The highest BCUT2D eigenvalue weighted by Gasteiger charge is 2.29. The van der Waals surface area contributed by atoms with Crippen LogP contribution in [0.2, 0.25) is 0 Å². The highest BCUT2D eigenvalue weighted by molar-refractivity contribution is 8.02. The van der Waals surface area contributed by atoms with Crippen molar-refractivity contribution in [3.63, 3.8) is 0 Å². The summed E-state index contributed by atoms with van der Waals surface area (Å²) in [5, 5.41) is 5.20. The third-order valence-corrected chi connectivity index (χ3v) is 8.84. The molecule has 3 heterocycles. The van der Waals surface area contributed by atoms with Crippen LogP contribution in [0.5, 0.6) is 0 Å². The zero-order valence-corrected chi connectivity index (χ0v) is 16.1. The minimum Gasteiger partial charge on any atom is -0.353 e. The Kier molecular flexibility index (Phi) is 6.23. The highest BCUT2D eigenvalue weighted by atomic mass is 32.2. The molecule has 1 aromatic rings. The standard InChI is InChI=1S/C16H24N2O3S3/c19-16(11-23-13-5-9-24(20,21)12-13)17-10-14(15-4-3-8-22-15)18-6-1-2-7-18/h3-4,8,13-14H,1-2,5-7,9-12H2,(H,17,19). The molecule has 0 aliphatic carbocycles. The van der Waals surface area contributed by atoms with Crippen LogP contribution in [0, 0.1) is 0 Å². The number of likely N-dealkylation sites (tertiary alicyclic amines) is 1. The molecule has 8 heteroatoms. The predicted molar refractivity (Wildman–Crippen MR) is 100 cm³/mol. The highest BCUT2D eigenvalue weighted by Crippen LogP contribution is 2.28. The molecule has 2 unspecified atom stereocenters. The Labute approximate surface area is 152 Å². The number of sulfone groups is 1. The molecule has 2 aliphatic heterocycles. The van der Waals surface area contributed by atoms with Gasteiger partial charge in [0.1, 0.15) is 0 Å². The Bertz CT molecular complexity index is 640. The van der Waals surface area contributed by atoms with Gasteiger partial charge in [-0.1, -0.05) is 6.07 Å². The molecule has 1 amide bonds. The number of hydrogen-bond donors (Lipinski definition) is 1. The smallest absolute Gasteiger partial charge is 0.230 e. The Balaban J connectivity index is 1.46. The van der Waals surface area contributed by atoms with Gasteiger partial charge < -0.3 is 5.32 Å². The topological polar surface area (TPSA) is 66.5 Å². The Morgan fingerprint density at radius 3 is 2.83 bits per heavy atom. The van der Waals surface area contributed by atoms with Gasteiger partial charge in [0.05, 0.1) is 23.3 Å². The van der Waals surface area contributed by atoms with Crippen molar-refractivity contribution in [3.8, 4) is 0 Å². The first-order chi connectivity index (χ1) is 11.5. The van der Waals surface area contributed by atoms with E-state index in [1.165, 1.54) is 29.5 Å². The van der Waals surface area contributed by atoms with Crippen molar-refractivity contribution in [1.82, 2.24) is 10.2 Å². The van der Waals surface area contributed by atoms with E-state index in [9.17, 15) is 13.2 Å². The van der Waals surface area contributed by atoms with Crippen LogP contribution in [0.15, 0.2) is 17.5 Å². The van der Waals surface area contributed by atoms with Crippen LogP contribution in [-0.2, 0) is 14.6 Å². The van der Waals surface area contributed by atoms with E-state index in [4.69, 9.17) is 0 Å². The third-order valence-electron chi connectivity index (χ3n) is 4.59. The fourth-order valence-corrected chi connectivity index (χ4v) is 7.63. The second-order valence-electron chi connectivity index (χ2n) is 6.41. The van der Waals surface area contributed by atoms with Crippen molar-refractivity contribution in [2.45, 2.75) is 30.6 Å². The van der Waals surface area contributed by atoms with Crippen molar-refractivity contribution in [2.24, 2.45) is 0 Å². The van der Waals surface area contributed by atoms with Gasteiger partial charge in [-0.3, -0.25) is 9.69 Å². The van der Waals surface area contributed by atoms with Crippen LogP contribution in [0.4, 0.5) is 0 Å². The van der Waals surface area contributed by atoms with Gasteiger partial charge in [0.25, 0.3) is 0 Å². The lowest BCUT2D eigenvalue weighted by Crippen LogP contribution is -2.37. The van der Waals surface area contributed by atoms with Crippen LogP contribution >= 0.6 is 23.1 Å². The molecule has 0 spiro atoms. The van der Waals surface area contributed by atoms with Crippen molar-refractivity contribution >= 4 is 38.8 Å². The van der Waals surface area contributed by atoms with E-state index in [0.717, 1.165) is 13.1 Å². The molecule has 1 N–H and O–H groups in total. The molecule has 2 saturated heterocycles. The SMILES string of the molecule is O=C(CSC1CCS(=O)(=O)C1)NCC(c1cccs1)N1CCCC1. The van der Waals surface area contributed by atoms with Gasteiger partial charge in [0.15, 0.2) is 9.84 Å². The maximum atomic E-state index is 12.2. The summed E-state index contributed by atoms with van der Waals surface area (Å²) < 4.78 is 22.9. The van der Waals surface area contributed by atoms with Gasteiger partial charge >= 0.3 is 0 Å². The van der Waals surface area contributed by atoms with E-state index in [-0.39, 0.29) is 28.7 Å². The van der Waals surface area contributed by atoms with E-state index in [1.54, 1.807) is 11.3 Å². The Morgan fingerprint density at radius 2 is 2.21 bits per heavy atom. The van der Waals surface area contributed by atoms with E-state index < -0.39 is 9.84 Å². The Morgan fingerprint density at radius 1 is 1.42 bits per heavy atom. The number of carbonyl (C=O) groups is 1. The third kappa shape index (κ3) is 4.97. The molecule has 0 radical (unpaired) electrons. The quantitative estimate of drug-likeness (QED) is 0.773. The molecule has 24 heavy (non-hydrogen) atoms. The Hall–Kier alpha value is -0.570. The van der Waals surface area contributed by atoms with Gasteiger partial charge in [-0.05, 0) is 43.8 Å². The van der Waals surface area contributed by atoms with Gasteiger partial charge in [-0.2, -0.15) is 0 Å². The summed E-state index contributed by atoms with van der Waals surface area (Å²) in [6.07, 6.45) is 3.12. The van der Waals surface area contributed by atoms with Crippen molar-refractivity contribution < 1.29 is 13.2 Å². The molecule has 5 nitrogen and oxygen atoms in total. The zero-order chi connectivity index (χ0) is 17.0. The van der Waals surface area contributed by atoms with E-state index in [2.05, 4.69) is 27.7 Å². The van der Waals surface area contributed by atoms with Crippen LogP contribution in [0.3, 0.4) is 0 Å². The van der Waals surface area contributed by atoms with Crippen LogP contribution in [0.1, 0.15) is 30.2 Å². The van der Waals surface area contributed by atoms with Crippen LogP contribution in [0.25, 0.3) is 0 Å². The van der Waals surface area contributed by atoms with Crippen LogP contribution in [-0.4, -0.2) is 61.4 Å². The molecular weight excluding hydrogens is 364 g/mol. The normalized spacial score (nSPS) is 24.9. The number of carbonyl (C=O) groups excluding carboxylic acids is 1. The number of thiophene rings is 1. The summed E-state index contributed by atoms with van der Waals surface area (Å²) in [6, 6.07) is 4.45. The molecule has 2 atom stereocenters. The summed E-state index contributed by atoms with van der Waals surface area (Å²) in [5.41, 5.74) is 0. The van der Waals surface area contributed by atoms with E-state index in [0.29, 0.717) is 18.7 Å². The summed E-state index contributed by atoms with van der Waals surface area (Å²) in [6.45, 7) is 2.81. The maximum absolute atomic E-state index is 12.2. The lowest BCUT2D eigenvalue weighted by Gasteiger charge is -2.27. The van der Waals surface area contributed by atoms with Crippen molar-refractivity contribution in [2.75, 3.05) is 36.9 Å². The first-order valence-corrected chi connectivity index (χ1v) is 12.1. The van der Waals surface area contributed by atoms with E-state index in [1.807, 2.05) is 0 Å². The number of nitrogens with zero attached hydrogens (tertiary/aromatic N) is 1. The number of amides is 1. The van der Waals surface area contributed by atoms with Gasteiger partial charge in [0, 0.05) is 16.7 Å². The monoisotopic (exact) mass is 388 g/mol. The molecule has 0 bridgehead atoms. The molecule has 0 saturated carbocycles. The molecule has 1 aromatic heterocycles. The largest absolute Gasteiger partial charge is 0.353 e. The zero-order valence-electron chi connectivity index (χ0n) is 13.6. The molecule has 0 aromatic carbocycles. The van der Waals surface area contributed by atoms with Gasteiger partial charge in [0.2, 0.25) is 5.91 Å². The molecule has 3 rings (SSSR count). The first-order valence-electron chi connectivity index (χ1n) is 8.40. The van der Waals surface area contributed by atoms with E-state index >= 15 is 0 Å². The molecule has 2 fully saturated rings. The van der Waals surface area contributed by atoms with Crippen molar-refractivity contribution in [1.29, 1.82) is 0 Å². The molecule has 2 aliphatic rings. The van der Waals surface area contributed by atoms with Crippen LogP contribution < -0.4 is 5.32 Å². The van der Waals surface area contributed by atoms with Crippen molar-refractivity contribution in [3.05, 3.63) is 22.4 Å². The predicted octanol–water partition coefficient (Wildman–Crippen LogP) is 1.92. The first kappa shape index (κ1) is 18.2. The lowest BCUT2D eigenvalue weighted by atomic mass is 10.2. The average Bonchev–Trinajstić information content (AvgIpc) is 3.27. The summed E-state index contributed by atoms with van der Waals surface area (Å²) in [4.78, 5) is 15.9.